The molecule has 10 rings (SSSR count). The number of nitrogens with zero attached hydrogens (tertiary/aromatic N) is 4. The van der Waals surface area contributed by atoms with E-state index in [4.69, 9.17) is 16.0 Å². The Labute approximate surface area is 273 Å². The van der Waals surface area contributed by atoms with E-state index in [0.29, 0.717) is 5.52 Å². The number of benzene rings is 6. The van der Waals surface area contributed by atoms with Gasteiger partial charge in [0.2, 0.25) is 5.95 Å². The first-order valence-corrected chi connectivity index (χ1v) is 15.3. The molecule has 0 saturated heterocycles. The van der Waals surface area contributed by atoms with Crippen molar-refractivity contribution < 1.29 is 11.0 Å². The minimum Gasteiger partial charge on any atom is -0.309 e. The Morgan fingerprint density at radius 3 is 1.93 bits per heavy atom. The van der Waals surface area contributed by atoms with Gasteiger partial charge >= 0.3 is 0 Å². The maximum absolute atomic E-state index is 8.88. The fourth-order valence-electron chi connectivity index (χ4n) is 6.54. The number of hydrogen-bond acceptors (Lipinski definition) is 3. The van der Waals surface area contributed by atoms with Crippen LogP contribution in [-0.4, -0.2) is 19.1 Å². The topological polar surface area (TPSA) is 35.6 Å². The van der Waals surface area contributed by atoms with Gasteiger partial charge in [0.05, 0.1) is 55.1 Å². The molecule has 0 unspecified atom stereocenters. The summed E-state index contributed by atoms with van der Waals surface area (Å²) in [4.78, 5) is 9.62. The second-order valence-electron chi connectivity index (χ2n) is 10.9. The monoisotopic (exact) mass is 600 g/mol. The highest BCUT2D eigenvalue weighted by Gasteiger charge is 2.18. The van der Waals surface area contributed by atoms with Crippen LogP contribution in [0, 0.1) is 0 Å². The Bertz CT molecular complexity index is 3110. The van der Waals surface area contributed by atoms with E-state index in [0.717, 1.165) is 42.6 Å². The van der Waals surface area contributed by atoms with E-state index in [-0.39, 0.29) is 27.8 Å². The van der Waals surface area contributed by atoms with E-state index in [1.165, 1.54) is 26.7 Å². The maximum atomic E-state index is 8.88. The summed E-state index contributed by atoms with van der Waals surface area (Å²) in [5, 5.41) is 3.16. The van der Waals surface area contributed by atoms with Gasteiger partial charge < -0.3 is 4.57 Å². The molecule has 0 radical (unpaired) electrons. The average molecular weight is 601 g/mol. The standard InChI is InChI=1S/C40H24N4S/c1-6-16-32(43-33-17-7-2-12-27(33)28-13-3-8-18-34(28)43)26(11-1)25-21-22-37-31(23-25)39-38(45-37)24-41-40(42-39)44-35-19-9-4-14-29(35)30-15-5-10-20-36(30)44/h1-24H/i4D,5D,9D,10D,14D,15D,19D,20D. The van der Waals surface area contributed by atoms with Gasteiger partial charge in [-0.25, -0.2) is 9.97 Å². The number of para-hydroxylation sites is 5. The number of hydrogen-bond donors (Lipinski definition) is 0. The summed E-state index contributed by atoms with van der Waals surface area (Å²) in [6, 6.07) is 27.8. The molecule has 0 aliphatic rings. The number of rotatable bonds is 3. The fourth-order valence-corrected chi connectivity index (χ4v) is 7.54. The summed E-state index contributed by atoms with van der Waals surface area (Å²) in [5.74, 6) is 0.0309. The first kappa shape index (κ1) is 18.1. The lowest BCUT2D eigenvalue weighted by Gasteiger charge is -2.14. The number of fused-ring (bicyclic) bond motifs is 9. The molecule has 4 nitrogen and oxygen atoms in total. The molecular formula is C40H24N4S. The molecule has 0 bridgehead atoms. The summed E-state index contributed by atoms with van der Waals surface area (Å²) in [6.07, 6.45) is 1.66. The van der Waals surface area contributed by atoms with E-state index in [1.807, 2.05) is 12.1 Å². The van der Waals surface area contributed by atoms with Crippen LogP contribution in [-0.2, 0) is 0 Å². The highest BCUT2D eigenvalue weighted by atomic mass is 32.1. The molecule has 45 heavy (non-hydrogen) atoms. The normalized spacial score (nSPS) is 14.5. The molecule has 4 aromatic heterocycles. The first-order valence-electron chi connectivity index (χ1n) is 18.4. The molecule has 10 aromatic rings. The van der Waals surface area contributed by atoms with E-state index in [9.17, 15) is 0 Å². The Morgan fingerprint density at radius 1 is 0.556 bits per heavy atom. The van der Waals surface area contributed by atoms with Crippen molar-refractivity contribution in [3.63, 3.8) is 0 Å². The third kappa shape index (κ3) is 3.53. The smallest absolute Gasteiger partial charge is 0.235 e. The summed E-state index contributed by atoms with van der Waals surface area (Å²) >= 11 is 1.52. The van der Waals surface area contributed by atoms with Crippen LogP contribution in [0.1, 0.15) is 11.0 Å². The first-order chi connectivity index (χ1) is 25.7. The molecule has 0 fully saturated rings. The predicted molar refractivity (Wildman–Crippen MR) is 189 cm³/mol. The van der Waals surface area contributed by atoms with Gasteiger partial charge in [-0.15, -0.1) is 11.3 Å². The average Bonchev–Trinajstić information content (AvgIpc) is 3.85. The van der Waals surface area contributed by atoms with Crippen molar-refractivity contribution in [2.24, 2.45) is 0 Å². The van der Waals surface area contributed by atoms with Gasteiger partial charge in [-0.1, -0.05) is 96.9 Å². The molecule has 210 valence electrons. The zero-order valence-corrected chi connectivity index (χ0v) is 24.3. The fraction of sp³-hybridized carbons (Fsp3) is 0. The van der Waals surface area contributed by atoms with Gasteiger partial charge in [-0.2, -0.15) is 0 Å². The van der Waals surface area contributed by atoms with Crippen LogP contribution in [0.15, 0.2) is 146 Å². The van der Waals surface area contributed by atoms with Gasteiger partial charge in [0, 0.05) is 37.2 Å². The molecule has 0 atom stereocenters. The predicted octanol–water partition coefficient (Wildman–Crippen LogP) is 10.7. The molecule has 0 aliphatic carbocycles. The Kier molecular flexibility index (Phi) is 3.77. The van der Waals surface area contributed by atoms with Crippen molar-refractivity contribution in [1.82, 2.24) is 19.1 Å². The lowest BCUT2D eigenvalue weighted by atomic mass is 10.0. The number of thiophene rings is 1. The summed E-state index contributed by atoms with van der Waals surface area (Å²) < 4.78 is 74.3. The number of aromatic nitrogens is 4. The lowest BCUT2D eigenvalue weighted by molar-refractivity contribution is 1.01. The summed E-state index contributed by atoms with van der Waals surface area (Å²) in [5.41, 5.74) is 5.79. The van der Waals surface area contributed by atoms with E-state index >= 15 is 0 Å². The summed E-state index contributed by atoms with van der Waals surface area (Å²) in [7, 11) is 0. The van der Waals surface area contributed by atoms with E-state index in [1.54, 1.807) is 6.20 Å². The third-order valence-corrected chi connectivity index (χ3v) is 9.56. The van der Waals surface area contributed by atoms with Gasteiger partial charge in [0.15, 0.2) is 0 Å². The van der Waals surface area contributed by atoms with Gasteiger partial charge in [-0.05, 0) is 48.0 Å². The zero-order valence-electron chi connectivity index (χ0n) is 31.4. The highest BCUT2D eigenvalue weighted by molar-refractivity contribution is 7.25. The van der Waals surface area contributed by atoms with Crippen molar-refractivity contribution in [1.29, 1.82) is 0 Å². The van der Waals surface area contributed by atoms with Crippen LogP contribution in [0.25, 0.3) is 86.7 Å². The third-order valence-electron chi connectivity index (χ3n) is 8.47. The molecule has 0 spiro atoms. The second kappa shape index (κ2) is 9.36. The minimum atomic E-state index is -0.497. The largest absolute Gasteiger partial charge is 0.309 e. The van der Waals surface area contributed by atoms with Crippen LogP contribution >= 0.6 is 11.3 Å². The summed E-state index contributed by atoms with van der Waals surface area (Å²) in [6.45, 7) is 0. The molecule has 6 aromatic carbocycles. The van der Waals surface area contributed by atoms with Crippen molar-refractivity contribution in [2.45, 2.75) is 0 Å². The second-order valence-corrected chi connectivity index (χ2v) is 11.9. The maximum Gasteiger partial charge on any atom is 0.235 e. The molecule has 0 saturated carbocycles. The van der Waals surface area contributed by atoms with Crippen LogP contribution in [0.4, 0.5) is 0 Å². The van der Waals surface area contributed by atoms with Crippen LogP contribution < -0.4 is 0 Å². The van der Waals surface area contributed by atoms with E-state index in [2.05, 4.69) is 88.4 Å². The Balaban J connectivity index is 1.24. The van der Waals surface area contributed by atoms with Gasteiger partial charge in [-0.3, -0.25) is 4.57 Å². The Hall–Kier alpha value is -5.78. The van der Waals surface area contributed by atoms with Crippen molar-refractivity contribution in [3.05, 3.63) is 146 Å². The van der Waals surface area contributed by atoms with Crippen LogP contribution in [0.2, 0.25) is 0 Å². The molecule has 0 amide bonds. The molecule has 0 aliphatic heterocycles. The van der Waals surface area contributed by atoms with Crippen molar-refractivity contribution >= 4 is 75.3 Å². The molecule has 4 heterocycles. The minimum absolute atomic E-state index is 0.0131. The van der Waals surface area contributed by atoms with Crippen molar-refractivity contribution in [2.75, 3.05) is 0 Å². The molecular weight excluding hydrogens is 569 g/mol. The van der Waals surface area contributed by atoms with Crippen LogP contribution in [0.5, 0.6) is 0 Å². The zero-order chi connectivity index (χ0) is 36.4. The van der Waals surface area contributed by atoms with Crippen molar-refractivity contribution in [3.8, 4) is 22.8 Å². The highest BCUT2D eigenvalue weighted by Crippen LogP contribution is 2.40. The molecule has 0 N–H and O–H groups in total. The SMILES string of the molecule is [2H]c1c([2H])c([2H])c2c(c1[2H])c1c([2H])c([2H])c([2H])c([2H])c1n2-c1ncc2sc3ccc(-c4ccccc4-n4c5ccccc5c5ccccc54)cc3c2n1. The quantitative estimate of drug-likeness (QED) is 0.202. The van der Waals surface area contributed by atoms with Crippen LogP contribution in [0.3, 0.4) is 0 Å². The molecule has 5 heteroatoms. The lowest BCUT2D eigenvalue weighted by Crippen LogP contribution is -2.00. The Morgan fingerprint density at radius 2 is 1.20 bits per heavy atom. The van der Waals surface area contributed by atoms with Gasteiger partial charge in [0.1, 0.15) is 0 Å². The van der Waals surface area contributed by atoms with Gasteiger partial charge in [0.25, 0.3) is 0 Å². The van der Waals surface area contributed by atoms with E-state index < -0.39 is 48.3 Å².